The highest BCUT2D eigenvalue weighted by molar-refractivity contribution is 6.31. The third-order valence-corrected chi connectivity index (χ3v) is 3.73. The van der Waals surface area contributed by atoms with Gasteiger partial charge in [0.2, 0.25) is 0 Å². The topological polar surface area (TPSA) is 32.8 Å². The van der Waals surface area contributed by atoms with Gasteiger partial charge >= 0.3 is 0 Å². The number of methoxy groups -OCH3 is 1. The van der Waals surface area contributed by atoms with Crippen molar-refractivity contribution in [3.63, 3.8) is 0 Å². The van der Waals surface area contributed by atoms with Crippen molar-refractivity contribution < 1.29 is 9.53 Å². The lowest BCUT2D eigenvalue weighted by Crippen LogP contribution is -2.48. The van der Waals surface area contributed by atoms with E-state index in [0.717, 1.165) is 32.7 Å². The molecule has 1 aromatic carbocycles. The number of carbonyl (C=O) groups is 1. The monoisotopic (exact) mass is 282 g/mol. The Morgan fingerprint density at radius 2 is 2.00 bits per heavy atom. The first kappa shape index (κ1) is 14.2. The van der Waals surface area contributed by atoms with Crippen LogP contribution < -0.4 is 4.74 Å². The fourth-order valence-corrected chi connectivity index (χ4v) is 2.46. The second kappa shape index (κ2) is 6.26. The van der Waals surface area contributed by atoms with Gasteiger partial charge in [0, 0.05) is 31.2 Å². The molecule has 1 aromatic rings. The molecule has 1 saturated heterocycles. The van der Waals surface area contributed by atoms with Crippen molar-refractivity contribution in [1.82, 2.24) is 9.80 Å². The van der Waals surface area contributed by atoms with E-state index in [1.807, 2.05) is 4.90 Å². The molecular weight excluding hydrogens is 264 g/mol. The predicted octanol–water partition coefficient (Wildman–Crippen LogP) is 2.13. The van der Waals surface area contributed by atoms with Crippen molar-refractivity contribution in [1.29, 1.82) is 0 Å². The van der Waals surface area contributed by atoms with Crippen molar-refractivity contribution in [2.24, 2.45) is 0 Å². The molecule has 1 aliphatic heterocycles. The van der Waals surface area contributed by atoms with E-state index in [1.54, 1.807) is 25.3 Å². The molecule has 1 amide bonds. The molecule has 1 fully saturated rings. The molecule has 0 saturated carbocycles. The maximum Gasteiger partial charge on any atom is 0.257 e. The van der Waals surface area contributed by atoms with Crippen molar-refractivity contribution in [2.45, 2.75) is 6.92 Å². The summed E-state index contributed by atoms with van der Waals surface area (Å²) in [6.45, 7) is 6.51. The summed E-state index contributed by atoms with van der Waals surface area (Å²) in [6, 6.07) is 5.14. The lowest BCUT2D eigenvalue weighted by molar-refractivity contribution is 0.0640. The van der Waals surface area contributed by atoms with Crippen LogP contribution in [0.5, 0.6) is 5.75 Å². The van der Waals surface area contributed by atoms with Crippen LogP contribution >= 0.6 is 11.6 Å². The van der Waals surface area contributed by atoms with Crippen LogP contribution in [0.4, 0.5) is 0 Å². The Kier molecular flexibility index (Phi) is 4.66. The van der Waals surface area contributed by atoms with E-state index in [-0.39, 0.29) is 5.91 Å². The number of ether oxygens (including phenoxy) is 1. The lowest BCUT2D eigenvalue weighted by Gasteiger charge is -2.34. The predicted molar refractivity (Wildman–Crippen MR) is 76.0 cm³/mol. The summed E-state index contributed by atoms with van der Waals surface area (Å²) in [7, 11) is 1.56. The van der Waals surface area contributed by atoms with Crippen molar-refractivity contribution in [2.75, 3.05) is 39.8 Å². The van der Waals surface area contributed by atoms with Gasteiger partial charge in [-0.3, -0.25) is 4.79 Å². The largest absolute Gasteiger partial charge is 0.496 e. The molecule has 0 aliphatic carbocycles. The van der Waals surface area contributed by atoms with Gasteiger partial charge in [0.25, 0.3) is 5.91 Å². The van der Waals surface area contributed by atoms with E-state index in [2.05, 4.69) is 11.8 Å². The molecule has 0 bridgehead atoms. The van der Waals surface area contributed by atoms with Gasteiger partial charge in [-0.15, -0.1) is 0 Å². The molecule has 0 N–H and O–H groups in total. The fraction of sp³-hybridized carbons (Fsp3) is 0.500. The minimum Gasteiger partial charge on any atom is -0.496 e. The number of amides is 1. The summed E-state index contributed by atoms with van der Waals surface area (Å²) in [6.07, 6.45) is 0. The number of hydrogen-bond acceptors (Lipinski definition) is 3. The van der Waals surface area contributed by atoms with Gasteiger partial charge in [-0.2, -0.15) is 0 Å². The highest BCUT2D eigenvalue weighted by Crippen LogP contribution is 2.24. The Hall–Kier alpha value is -1.26. The number of likely N-dealkylation sites (N-methyl/N-ethyl adjacent to an activating group) is 1. The van der Waals surface area contributed by atoms with E-state index in [1.165, 1.54) is 0 Å². The number of nitrogens with zero attached hydrogens (tertiary/aromatic N) is 2. The van der Waals surface area contributed by atoms with Crippen LogP contribution in [-0.4, -0.2) is 55.5 Å². The van der Waals surface area contributed by atoms with Crippen LogP contribution in [0.15, 0.2) is 18.2 Å². The summed E-state index contributed by atoms with van der Waals surface area (Å²) < 4.78 is 5.24. The maximum absolute atomic E-state index is 12.5. The molecule has 1 aliphatic rings. The van der Waals surface area contributed by atoms with Gasteiger partial charge in [0.05, 0.1) is 12.7 Å². The SMILES string of the molecule is CCN1CCN(C(=O)c2cc(Cl)ccc2OC)CC1. The van der Waals surface area contributed by atoms with E-state index in [9.17, 15) is 4.79 Å². The van der Waals surface area contributed by atoms with Gasteiger partial charge in [0.1, 0.15) is 5.75 Å². The molecule has 0 aromatic heterocycles. The molecule has 0 spiro atoms. The summed E-state index contributed by atoms with van der Waals surface area (Å²) in [4.78, 5) is 16.7. The number of rotatable bonds is 3. The molecule has 19 heavy (non-hydrogen) atoms. The number of benzene rings is 1. The van der Waals surface area contributed by atoms with Crippen LogP contribution in [-0.2, 0) is 0 Å². The number of hydrogen-bond donors (Lipinski definition) is 0. The molecular formula is C14H19ClN2O2. The number of carbonyl (C=O) groups excluding carboxylic acids is 1. The first-order valence-corrected chi connectivity index (χ1v) is 6.88. The number of piperazine rings is 1. The van der Waals surface area contributed by atoms with Gasteiger partial charge in [-0.1, -0.05) is 18.5 Å². The van der Waals surface area contributed by atoms with Crippen LogP contribution in [0.3, 0.4) is 0 Å². The zero-order valence-electron chi connectivity index (χ0n) is 11.4. The molecule has 0 unspecified atom stereocenters. The normalized spacial score (nSPS) is 16.5. The molecule has 2 rings (SSSR count). The molecule has 104 valence electrons. The van der Waals surface area contributed by atoms with Crippen molar-refractivity contribution in [3.05, 3.63) is 28.8 Å². The van der Waals surface area contributed by atoms with Gasteiger partial charge < -0.3 is 14.5 Å². The Balaban J connectivity index is 2.14. The smallest absolute Gasteiger partial charge is 0.257 e. The Morgan fingerprint density at radius 3 is 2.58 bits per heavy atom. The maximum atomic E-state index is 12.5. The summed E-state index contributed by atoms with van der Waals surface area (Å²) in [5.41, 5.74) is 0.542. The van der Waals surface area contributed by atoms with E-state index >= 15 is 0 Å². The summed E-state index contributed by atoms with van der Waals surface area (Å²) in [5.74, 6) is 0.572. The van der Waals surface area contributed by atoms with E-state index < -0.39 is 0 Å². The fourth-order valence-electron chi connectivity index (χ4n) is 2.28. The Morgan fingerprint density at radius 1 is 1.32 bits per heavy atom. The molecule has 0 atom stereocenters. The van der Waals surface area contributed by atoms with E-state index in [4.69, 9.17) is 16.3 Å². The molecule has 5 heteroatoms. The van der Waals surface area contributed by atoms with Crippen LogP contribution in [0.2, 0.25) is 5.02 Å². The molecule has 0 radical (unpaired) electrons. The zero-order chi connectivity index (χ0) is 13.8. The minimum atomic E-state index is -0.00453. The van der Waals surface area contributed by atoms with Crippen LogP contribution in [0.1, 0.15) is 17.3 Å². The minimum absolute atomic E-state index is 0.00453. The molecule has 1 heterocycles. The third-order valence-electron chi connectivity index (χ3n) is 3.50. The third kappa shape index (κ3) is 3.19. The lowest BCUT2D eigenvalue weighted by atomic mass is 10.1. The average molecular weight is 283 g/mol. The summed E-state index contributed by atoms with van der Waals surface area (Å²) in [5, 5.41) is 0.552. The molecule has 4 nitrogen and oxygen atoms in total. The first-order valence-electron chi connectivity index (χ1n) is 6.51. The van der Waals surface area contributed by atoms with Gasteiger partial charge in [0.15, 0.2) is 0 Å². The zero-order valence-corrected chi connectivity index (χ0v) is 12.1. The van der Waals surface area contributed by atoms with Crippen LogP contribution in [0.25, 0.3) is 0 Å². The second-order valence-corrected chi connectivity index (χ2v) is 5.01. The van der Waals surface area contributed by atoms with E-state index in [0.29, 0.717) is 16.3 Å². The second-order valence-electron chi connectivity index (χ2n) is 4.57. The summed E-state index contributed by atoms with van der Waals surface area (Å²) >= 11 is 5.97. The standard InChI is InChI=1S/C14H19ClN2O2/c1-3-16-6-8-17(9-7-16)14(18)12-10-11(15)4-5-13(12)19-2/h4-5,10H,3,6-9H2,1-2H3. The van der Waals surface area contributed by atoms with Crippen molar-refractivity contribution >= 4 is 17.5 Å². The van der Waals surface area contributed by atoms with Crippen molar-refractivity contribution in [3.8, 4) is 5.75 Å². The van der Waals surface area contributed by atoms with Crippen LogP contribution in [0, 0.1) is 0 Å². The highest BCUT2D eigenvalue weighted by atomic mass is 35.5. The van der Waals surface area contributed by atoms with Gasteiger partial charge in [-0.05, 0) is 24.7 Å². The average Bonchev–Trinajstić information content (AvgIpc) is 2.46. The number of halogens is 1. The first-order chi connectivity index (χ1) is 9.15. The highest BCUT2D eigenvalue weighted by Gasteiger charge is 2.23. The quantitative estimate of drug-likeness (QED) is 0.851. The van der Waals surface area contributed by atoms with Gasteiger partial charge in [-0.25, -0.2) is 0 Å². The Bertz CT molecular complexity index is 457. The Labute approximate surface area is 118 Å².